The van der Waals surface area contributed by atoms with Gasteiger partial charge in [-0.05, 0) is 48.6 Å². The SMILES string of the molecule is COc1ccc(C(=O)NC(=S)Nc2ccccc2N2CCN(S(C)(=O)=O)CC2)cc1. The van der Waals surface area contributed by atoms with E-state index in [9.17, 15) is 13.2 Å². The third-order valence-electron chi connectivity index (χ3n) is 4.78. The summed E-state index contributed by atoms with van der Waals surface area (Å²) in [6, 6.07) is 14.3. The molecule has 160 valence electrons. The Hall–Kier alpha value is -2.69. The van der Waals surface area contributed by atoms with Crippen LogP contribution in [0.25, 0.3) is 0 Å². The van der Waals surface area contributed by atoms with E-state index in [2.05, 4.69) is 15.5 Å². The smallest absolute Gasteiger partial charge is 0.257 e. The molecule has 2 aromatic carbocycles. The zero-order valence-corrected chi connectivity index (χ0v) is 18.4. The first-order valence-electron chi connectivity index (χ1n) is 9.33. The van der Waals surface area contributed by atoms with Crippen molar-refractivity contribution >= 4 is 44.6 Å². The normalized spacial score (nSPS) is 14.8. The van der Waals surface area contributed by atoms with E-state index in [1.807, 2.05) is 24.3 Å². The predicted molar refractivity (Wildman–Crippen MR) is 122 cm³/mol. The minimum Gasteiger partial charge on any atom is -0.497 e. The first-order valence-corrected chi connectivity index (χ1v) is 11.6. The molecular weight excluding hydrogens is 424 g/mol. The number of thiocarbonyl (C=S) groups is 1. The Labute approximate surface area is 181 Å². The van der Waals surface area contributed by atoms with Gasteiger partial charge in [-0.15, -0.1) is 0 Å². The van der Waals surface area contributed by atoms with Gasteiger partial charge in [0.15, 0.2) is 5.11 Å². The van der Waals surface area contributed by atoms with Crippen LogP contribution in [0.1, 0.15) is 10.4 Å². The molecule has 0 saturated carbocycles. The molecule has 1 saturated heterocycles. The Morgan fingerprint density at radius 2 is 1.67 bits per heavy atom. The third kappa shape index (κ3) is 5.47. The number of rotatable bonds is 5. The molecule has 1 aliphatic rings. The lowest BCUT2D eigenvalue weighted by Crippen LogP contribution is -2.48. The quantitative estimate of drug-likeness (QED) is 0.675. The summed E-state index contributed by atoms with van der Waals surface area (Å²) in [7, 11) is -1.63. The second kappa shape index (κ2) is 9.41. The number of piperazine rings is 1. The monoisotopic (exact) mass is 448 g/mol. The molecule has 1 aliphatic heterocycles. The fraction of sp³-hybridized carbons (Fsp3) is 0.300. The fourth-order valence-corrected chi connectivity index (χ4v) is 4.22. The summed E-state index contributed by atoms with van der Waals surface area (Å²) in [5, 5.41) is 5.93. The molecule has 0 aliphatic carbocycles. The molecule has 0 radical (unpaired) electrons. The molecule has 0 spiro atoms. The Morgan fingerprint density at radius 3 is 2.27 bits per heavy atom. The third-order valence-corrected chi connectivity index (χ3v) is 6.29. The van der Waals surface area contributed by atoms with E-state index in [0.717, 1.165) is 11.4 Å². The Balaban J connectivity index is 1.64. The number of anilines is 2. The lowest BCUT2D eigenvalue weighted by molar-refractivity contribution is 0.0977. The Bertz CT molecular complexity index is 1020. The number of benzene rings is 2. The van der Waals surface area contributed by atoms with Crippen molar-refractivity contribution in [2.24, 2.45) is 0 Å². The standard InChI is InChI=1S/C20H24N4O4S2/c1-28-16-9-7-15(8-10-16)19(25)22-20(29)21-17-5-3-4-6-18(17)23-11-13-24(14-12-23)30(2,26)27/h3-10H,11-14H2,1-2H3,(H2,21,22,25,29). The van der Waals surface area contributed by atoms with Crippen molar-refractivity contribution in [1.29, 1.82) is 0 Å². The van der Waals surface area contributed by atoms with E-state index in [-0.39, 0.29) is 11.0 Å². The summed E-state index contributed by atoms with van der Waals surface area (Å²) in [6.07, 6.45) is 1.22. The number of hydrogen-bond donors (Lipinski definition) is 2. The average molecular weight is 449 g/mol. The van der Waals surface area contributed by atoms with E-state index in [0.29, 0.717) is 37.5 Å². The van der Waals surface area contributed by atoms with Gasteiger partial charge < -0.3 is 15.0 Å². The van der Waals surface area contributed by atoms with Crippen LogP contribution >= 0.6 is 12.2 Å². The maximum Gasteiger partial charge on any atom is 0.257 e. The number of methoxy groups -OCH3 is 1. The van der Waals surface area contributed by atoms with Crippen molar-refractivity contribution in [1.82, 2.24) is 9.62 Å². The van der Waals surface area contributed by atoms with E-state index in [1.165, 1.54) is 10.6 Å². The molecule has 0 atom stereocenters. The highest BCUT2D eigenvalue weighted by atomic mass is 32.2. The first-order chi connectivity index (χ1) is 14.3. The number of nitrogens with one attached hydrogen (secondary N) is 2. The van der Waals surface area contributed by atoms with Gasteiger partial charge >= 0.3 is 0 Å². The van der Waals surface area contributed by atoms with Gasteiger partial charge in [0.2, 0.25) is 10.0 Å². The zero-order chi connectivity index (χ0) is 21.7. The van der Waals surface area contributed by atoms with Crippen LogP contribution in [0.2, 0.25) is 0 Å². The van der Waals surface area contributed by atoms with Gasteiger partial charge in [-0.25, -0.2) is 8.42 Å². The fourth-order valence-electron chi connectivity index (χ4n) is 3.19. The topological polar surface area (TPSA) is 91.0 Å². The van der Waals surface area contributed by atoms with Gasteiger partial charge in [0.05, 0.1) is 24.7 Å². The summed E-state index contributed by atoms with van der Waals surface area (Å²) in [5.41, 5.74) is 2.10. The first kappa shape index (κ1) is 22.0. The molecule has 8 nitrogen and oxygen atoms in total. The largest absolute Gasteiger partial charge is 0.497 e. The van der Waals surface area contributed by atoms with Gasteiger partial charge in [-0.3, -0.25) is 10.1 Å². The molecule has 10 heteroatoms. The van der Waals surface area contributed by atoms with Crippen molar-refractivity contribution in [2.75, 3.05) is 49.8 Å². The van der Waals surface area contributed by atoms with Crippen LogP contribution in [-0.4, -0.2) is 63.3 Å². The summed E-state index contributed by atoms with van der Waals surface area (Å²) in [6.45, 7) is 1.98. The number of para-hydroxylation sites is 2. The molecule has 0 aromatic heterocycles. The molecule has 1 heterocycles. The molecule has 1 amide bonds. The number of amides is 1. The Kier molecular flexibility index (Phi) is 6.91. The second-order valence-corrected chi connectivity index (χ2v) is 9.19. The lowest BCUT2D eigenvalue weighted by atomic mass is 10.2. The van der Waals surface area contributed by atoms with Gasteiger partial charge in [-0.2, -0.15) is 4.31 Å². The zero-order valence-electron chi connectivity index (χ0n) is 16.8. The van der Waals surface area contributed by atoms with Crippen LogP contribution in [0.5, 0.6) is 5.75 Å². The van der Waals surface area contributed by atoms with Crippen LogP contribution in [0.15, 0.2) is 48.5 Å². The summed E-state index contributed by atoms with van der Waals surface area (Å²) >= 11 is 5.32. The van der Waals surface area contributed by atoms with Gasteiger partial charge in [0.25, 0.3) is 5.91 Å². The van der Waals surface area contributed by atoms with Crippen molar-refractivity contribution in [3.8, 4) is 5.75 Å². The Morgan fingerprint density at radius 1 is 1.03 bits per heavy atom. The minimum absolute atomic E-state index is 0.179. The van der Waals surface area contributed by atoms with Crippen LogP contribution in [-0.2, 0) is 10.0 Å². The molecule has 30 heavy (non-hydrogen) atoms. The second-order valence-electron chi connectivity index (χ2n) is 6.80. The van der Waals surface area contributed by atoms with E-state index in [1.54, 1.807) is 31.4 Å². The highest BCUT2D eigenvalue weighted by Crippen LogP contribution is 2.27. The summed E-state index contributed by atoms with van der Waals surface area (Å²) < 4.78 is 30.0. The number of ether oxygens (including phenoxy) is 1. The van der Waals surface area contributed by atoms with Crippen LogP contribution in [0, 0.1) is 0 Å². The molecular formula is C20H24N4O4S2. The predicted octanol–water partition coefficient (Wildman–Crippen LogP) is 1.90. The number of nitrogens with zero attached hydrogens (tertiary/aromatic N) is 2. The van der Waals surface area contributed by atoms with E-state index in [4.69, 9.17) is 17.0 Å². The molecule has 0 bridgehead atoms. The maximum absolute atomic E-state index is 12.4. The summed E-state index contributed by atoms with van der Waals surface area (Å²) in [5.74, 6) is 0.339. The number of carbonyl (C=O) groups is 1. The maximum atomic E-state index is 12.4. The van der Waals surface area contributed by atoms with Gasteiger partial charge in [0, 0.05) is 31.7 Å². The van der Waals surface area contributed by atoms with Crippen molar-refractivity contribution in [3.63, 3.8) is 0 Å². The number of hydrogen-bond acceptors (Lipinski definition) is 6. The molecule has 2 aromatic rings. The molecule has 0 unspecified atom stereocenters. The molecule has 3 rings (SSSR count). The van der Waals surface area contributed by atoms with Crippen molar-refractivity contribution in [3.05, 3.63) is 54.1 Å². The van der Waals surface area contributed by atoms with Crippen LogP contribution < -0.4 is 20.3 Å². The lowest BCUT2D eigenvalue weighted by Gasteiger charge is -2.35. The van der Waals surface area contributed by atoms with Gasteiger partial charge in [-0.1, -0.05) is 12.1 Å². The van der Waals surface area contributed by atoms with Crippen molar-refractivity contribution in [2.45, 2.75) is 0 Å². The summed E-state index contributed by atoms with van der Waals surface area (Å²) in [4.78, 5) is 14.5. The van der Waals surface area contributed by atoms with Crippen LogP contribution in [0.4, 0.5) is 11.4 Å². The number of sulfonamides is 1. The van der Waals surface area contributed by atoms with Crippen LogP contribution in [0.3, 0.4) is 0 Å². The van der Waals surface area contributed by atoms with E-state index < -0.39 is 10.0 Å². The van der Waals surface area contributed by atoms with E-state index >= 15 is 0 Å². The van der Waals surface area contributed by atoms with Gasteiger partial charge in [0.1, 0.15) is 5.75 Å². The highest BCUT2D eigenvalue weighted by molar-refractivity contribution is 7.88. The average Bonchev–Trinajstić information content (AvgIpc) is 2.73. The number of carbonyl (C=O) groups excluding carboxylic acids is 1. The minimum atomic E-state index is -3.19. The molecule has 2 N–H and O–H groups in total. The highest BCUT2D eigenvalue weighted by Gasteiger charge is 2.24. The van der Waals surface area contributed by atoms with Crippen molar-refractivity contribution < 1.29 is 17.9 Å². The molecule has 1 fully saturated rings.